The summed E-state index contributed by atoms with van der Waals surface area (Å²) in [5, 5.41) is 0. The number of ether oxygens (including phenoxy) is 2. The second-order valence-electron chi connectivity index (χ2n) is 4.38. The van der Waals surface area contributed by atoms with Gasteiger partial charge in [-0.2, -0.15) is 8.42 Å². The van der Waals surface area contributed by atoms with Gasteiger partial charge >= 0.3 is 29.6 Å². The SMILES string of the molecule is COc1cc(S(=O)(=O)O)cc(C(=O)c2ccccc2)c1OC.[NaH]. The third-order valence-electron chi connectivity index (χ3n) is 3.03. The van der Waals surface area contributed by atoms with Crippen molar-refractivity contribution in [1.82, 2.24) is 0 Å². The number of rotatable bonds is 5. The molecule has 0 saturated heterocycles. The van der Waals surface area contributed by atoms with Crippen molar-refractivity contribution in [3.05, 3.63) is 53.6 Å². The molecule has 0 amide bonds. The van der Waals surface area contributed by atoms with Crippen molar-refractivity contribution in [2.75, 3.05) is 14.2 Å². The Morgan fingerprint density at radius 2 is 1.65 bits per heavy atom. The molecule has 0 atom stereocenters. The van der Waals surface area contributed by atoms with Crippen LogP contribution in [0, 0.1) is 0 Å². The maximum atomic E-state index is 12.6. The number of hydrogen-bond donors (Lipinski definition) is 1. The molecule has 0 fully saturated rings. The molecule has 6 nitrogen and oxygen atoms in total. The zero-order valence-corrected chi connectivity index (χ0v) is 12.8. The molecule has 0 bridgehead atoms. The first-order chi connectivity index (χ1) is 10.4. The summed E-state index contributed by atoms with van der Waals surface area (Å²) >= 11 is 0. The number of ketones is 1. The van der Waals surface area contributed by atoms with Crippen LogP contribution < -0.4 is 9.47 Å². The van der Waals surface area contributed by atoms with E-state index in [9.17, 15) is 17.8 Å². The average molecular weight is 346 g/mol. The van der Waals surface area contributed by atoms with Crippen molar-refractivity contribution in [3.8, 4) is 11.5 Å². The maximum absolute atomic E-state index is 12.6. The summed E-state index contributed by atoms with van der Waals surface area (Å²) in [6.45, 7) is 0. The van der Waals surface area contributed by atoms with Crippen LogP contribution in [0.2, 0.25) is 0 Å². The van der Waals surface area contributed by atoms with Crippen LogP contribution in [-0.2, 0) is 10.1 Å². The third kappa shape index (κ3) is 4.33. The molecule has 0 heterocycles. The second-order valence-corrected chi connectivity index (χ2v) is 5.80. The van der Waals surface area contributed by atoms with Crippen LogP contribution >= 0.6 is 0 Å². The molecule has 0 aliphatic carbocycles. The minimum absolute atomic E-state index is 0. The number of methoxy groups -OCH3 is 2. The van der Waals surface area contributed by atoms with Gasteiger partial charge in [0.2, 0.25) is 0 Å². The summed E-state index contributed by atoms with van der Waals surface area (Å²) in [6, 6.07) is 10.5. The van der Waals surface area contributed by atoms with E-state index in [1.807, 2.05) is 0 Å². The zero-order chi connectivity index (χ0) is 16.3. The molecule has 0 aromatic heterocycles. The number of carbonyl (C=O) groups excluding carboxylic acids is 1. The average Bonchev–Trinajstić information content (AvgIpc) is 2.52. The topological polar surface area (TPSA) is 89.9 Å². The third-order valence-corrected chi connectivity index (χ3v) is 3.86. The first-order valence-electron chi connectivity index (χ1n) is 6.21. The van der Waals surface area contributed by atoms with Gasteiger partial charge in [-0.05, 0) is 6.07 Å². The van der Waals surface area contributed by atoms with Crippen molar-refractivity contribution in [1.29, 1.82) is 0 Å². The van der Waals surface area contributed by atoms with E-state index >= 15 is 0 Å². The van der Waals surface area contributed by atoms with E-state index in [0.29, 0.717) is 5.56 Å². The fourth-order valence-corrected chi connectivity index (χ4v) is 2.52. The predicted molar refractivity (Wildman–Crippen MR) is 86.4 cm³/mol. The Kier molecular flexibility index (Phi) is 6.79. The van der Waals surface area contributed by atoms with Crippen molar-refractivity contribution in [3.63, 3.8) is 0 Å². The monoisotopic (exact) mass is 346 g/mol. The number of benzene rings is 2. The zero-order valence-electron chi connectivity index (χ0n) is 11.9. The van der Waals surface area contributed by atoms with Crippen molar-refractivity contribution in [2.45, 2.75) is 4.90 Å². The molecule has 0 aliphatic heterocycles. The summed E-state index contributed by atoms with van der Waals surface area (Å²) < 4.78 is 42.1. The molecule has 0 saturated carbocycles. The Labute approximate surface area is 156 Å². The molecule has 0 radical (unpaired) electrons. The van der Waals surface area contributed by atoms with E-state index in [4.69, 9.17) is 9.47 Å². The fourth-order valence-electron chi connectivity index (χ4n) is 2.00. The molecular formula is C15H15NaO6S. The van der Waals surface area contributed by atoms with E-state index in [1.165, 1.54) is 14.2 Å². The fraction of sp³-hybridized carbons (Fsp3) is 0.133. The second kappa shape index (κ2) is 7.94. The van der Waals surface area contributed by atoms with E-state index in [-0.39, 0.29) is 46.6 Å². The van der Waals surface area contributed by atoms with Crippen LogP contribution in [0.25, 0.3) is 0 Å². The van der Waals surface area contributed by atoms with Gasteiger partial charge in [0.25, 0.3) is 10.1 Å². The van der Waals surface area contributed by atoms with Crippen LogP contribution in [0.3, 0.4) is 0 Å². The Morgan fingerprint density at radius 1 is 1.04 bits per heavy atom. The molecule has 1 N–H and O–H groups in total. The molecule has 0 unspecified atom stereocenters. The van der Waals surface area contributed by atoms with Gasteiger partial charge in [-0.1, -0.05) is 30.3 Å². The van der Waals surface area contributed by atoms with Crippen LogP contribution in [0.4, 0.5) is 0 Å². The first kappa shape index (κ1) is 19.7. The van der Waals surface area contributed by atoms with E-state index in [1.54, 1.807) is 30.3 Å². The van der Waals surface area contributed by atoms with Gasteiger partial charge < -0.3 is 9.47 Å². The Balaban J connectivity index is 0.00000264. The summed E-state index contributed by atoms with van der Waals surface area (Å²) in [6.07, 6.45) is 0. The number of carbonyl (C=O) groups is 1. The Hall–Kier alpha value is -1.38. The van der Waals surface area contributed by atoms with Crippen molar-refractivity contribution in [2.24, 2.45) is 0 Å². The molecule has 8 heteroatoms. The summed E-state index contributed by atoms with van der Waals surface area (Å²) in [5.74, 6) is -0.304. The number of hydrogen-bond acceptors (Lipinski definition) is 5. The summed E-state index contributed by atoms with van der Waals surface area (Å²) in [7, 11) is -1.84. The van der Waals surface area contributed by atoms with Crippen molar-refractivity contribution < 1.29 is 27.2 Å². The van der Waals surface area contributed by atoms with Crippen LogP contribution in [0.1, 0.15) is 15.9 Å². The van der Waals surface area contributed by atoms with Gasteiger partial charge in [-0.15, -0.1) is 0 Å². The molecule has 23 heavy (non-hydrogen) atoms. The van der Waals surface area contributed by atoms with Crippen LogP contribution in [-0.4, -0.2) is 62.5 Å². The molecular weight excluding hydrogens is 331 g/mol. The molecule has 2 rings (SSSR count). The normalized spacial score (nSPS) is 10.6. The molecule has 2 aromatic carbocycles. The van der Waals surface area contributed by atoms with Gasteiger partial charge in [0.15, 0.2) is 17.3 Å². The Morgan fingerprint density at radius 3 is 2.13 bits per heavy atom. The molecule has 0 aliphatic rings. The van der Waals surface area contributed by atoms with E-state index in [2.05, 4.69) is 0 Å². The quantitative estimate of drug-likeness (QED) is 0.502. The minimum atomic E-state index is -4.49. The van der Waals surface area contributed by atoms with E-state index < -0.39 is 20.8 Å². The molecule has 118 valence electrons. The molecule has 0 spiro atoms. The van der Waals surface area contributed by atoms with Crippen LogP contribution in [0.5, 0.6) is 11.5 Å². The van der Waals surface area contributed by atoms with Gasteiger partial charge in [0, 0.05) is 11.6 Å². The van der Waals surface area contributed by atoms with Crippen LogP contribution in [0.15, 0.2) is 47.4 Å². The standard InChI is InChI=1S/C15H14O6S.Na.H/c1-20-13-9-11(22(17,18)19)8-12(15(13)21-2)14(16)10-6-4-3-5-7-10;;/h3-9H,1-2H3,(H,17,18,19);;. The predicted octanol–water partition coefficient (Wildman–Crippen LogP) is 1.53. The summed E-state index contributed by atoms with van der Waals surface area (Å²) in [5.41, 5.74) is 0.344. The van der Waals surface area contributed by atoms with E-state index in [0.717, 1.165) is 12.1 Å². The Bertz CT molecular complexity index is 802. The van der Waals surface area contributed by atoms with Gasteiger partial charge in [-0.3, -0.25) is 9.35 Å². The first-order valence-corrected chi connectivity index (χ1v) is 7.65. The van der Waals surface area contributed by atoms with Gasteiger partial charge in [-0.25, -0.2) is 0 Å². The van der Waals surface area contributed by atoms with Gasteiger partial charge in [0.1, 0.15) is 0 Å². The molecule has 2 aromatic rings. The van der Waals surface area contributed by atoms with Crippen molar-refractivity contribution >= 4 is 45.5 Å². The van der Waals surface area contributed by atoms with Gasteiger partial charge in [0.05, 0.1) is 24.7 Å². The summed E-state index contributed by atoms with van der Waals surface area (Å²) in [4.78, 5) is 12.1.